The summed E-state index contributed by atoms with van der Waals surface area (Å²) in [6.07, 6.45) is 0. The molecule has 0 heterocycles. The Balaban J connectivity index is 3.03. The monoisotopic (exact) mass is 230 g/mol. The van der Waals surface area contributed by atoms with Crippen LogP contribution < -0.4 is 4.90 Å². The molecule has 1 N–H and O–H groups in total. The van der Waals surface area contributed by atoms with E-state index in [0.29, 0.717) is 5.69 Å². The van der Waals surface area contributed by atoms with E-state index in [2.05, 4.69) is 0 Å². The van der Waals surface area contributed by atoms with Crippen molar-refractivity contribution in [2.45, 2.75) is 13.8 Å². The molecular formula is C13H14N2O2. The fourth-order valence-corrected chi connectivity index (χ4v) is 1.34. The standard InChI is InChI=1S/C13H14N2O2/c1-9-4-6-11(7-5-9)15(3)13(17)12(8-14)10(2)16/h4-7,16H,1-3H3/b12-10-. The third-order valence-electron chi connectivity index (χ3n) is 2.41. The van der Waals surface area contributed by atoms with Gasteiger partial charge in [-0.1, -0.05) is 17.7 Å². The summed E-state index contributed by atoms with van der Waals surface area (Å²) in [6, 6.07) is 9.03. The molecule has 0 spiro atoms. The van der Waals surface area contributed by atoms with Crippen LogP contribution >= 0.6 is 0 Å². The van der Waals surface area contributed by atoms with Crippen molar-refractivity contribution >= 4 is 11.6 Å². The topological polar surface area (TPSA) is 64.3 Å². The second kappa shape index (κ2) is 5.17. The van der Waals surface area contributed by atoms with Crippen LogP contribution in [0.4, 0.5) is 5.69 Å². The molecule has 0 radical (unpaired) electrons. The number of nitrogens with zero attached hydrogens (tertiary/aromatic N) is 2. The van der Waals surface area contributed by atoms with Crippen LogP contribution in [0, 0.1) is 18.3 Å². The first-order valence-electron chi connectivity index (χ1n) is 5.12. The number of allylic oxidation sites excluding steroid dienone is 1. The van der Waals surface area contributed by atoms with Gasteiger partial charge < -0.3 is 10.0 Å². The summed E-state index contributed by atoms with van der Waals surface area (Å²) in [5.74, 6) is -0.784. The van der Waals surface area contributed by atoms with Crippen LogP contribution in [-0.4, -0.2) is 18.1 Å². The maximum absolute atomic E-state index is 11.9. The fraction of sp³-hybridized carbons (Fsp3) is 0.231. The van der Waals surface area contributed by atoms with Crippen LogP contribution in [-0.2, 0) is 4.79 Å². The molecule has 4 nitrogen and oxygen atoms in total. The molecule has 1 amide bonds. The Labute approximate surface area is 100 Å². The van der Waals surface area contributed by atoms with Gasteiger partial charge in [-0.05, 0) is 26.0 Å². The molecule has 0 saturated heterocycles. The minimum absolute atomic E-state index is 0.243. The number of benzene rings is 1. The van der Waals surface area contributed by atoms with Crippen LogP contribution in [0.25, 0.3) is 0 Å². The highest BCUT2D eigenvalue weighted by atomic mass is 16.3. The molecule has 0 fully saturated rings. The third-order valence-corrected chi connectivity index (χ3v) is 2.41. The number of carbonyl (C=O) groups is 1. The summed E-state index contributed by atoms with van der Waals surface area (Å²) in [7, 11) is 1.56. The Morgan fingerprint density at radius 2 is 1.88 bits per heavy atom. The number of hydrogen-bond acceptors (Lipinski definition) is 3. The normalized spacial score (nSPS) is 11.4. The summed E-state index contributed by atoms with van der Waals surface area (Å²) in [5, 5.41) is 18.0. The first-order chi connectivity index (χ1) is 7.97. The Morgan fingerprint density at radius 3 is 2.29 bits per heavy atom. The number of rotatable bonds is 2. The molecule has 1 aromatic carbocycles. The highest BCUT2D eigenvalue weighted by Crippen LogP contribution is 2.16. The van der Waals surface area contributed by atoms with E-state index < -0.39 is 5.91 Å². The predicted octanol–water partition coefficient (Wildman–Crippen LogP) is 2.31. The number of hydrogen-bond donors (Lipinski definition) is 1. The molecule has 1 rings (SSSR count). The first-order valence-corrected chi connectivity index (χ1v) is 5.12. The number of aliphatic hydroxyl groups excluding tert-OH is 1. The van der Waals surface area contributed by atoms with Gasteiger partial charge in [0, 0.05) is 12.7 Å². The van der Waals surface area contributed by atoms with E-state index in [9.17, 15) is 9.90 Å². The fourth-order valence-electron chi connectivity index (χ4n) is 1.34. The molecule has 17 heavy (non-hydrogen) atoms. The number of aryl methyl sites for hydroxylation is 1. The minimum atomic E-state index is -0.517. The Hall–Kier alpha value is -2.28. The van der Waals surface area contributed by atoms with Gasteiger partial charge in [0.1, 0.15) is 11.8 Å². The minimum Gasteiger partial charge on any atom is -0.511 e. The van der Waals surface area contributed by atoms with Crippen molar-refractivity contribution in [3.8, 4) is 6.07 Å². The van der Waals surface area contributed by atoms with Crippen molar-refractivity contribution in [1.29, 1.82) is 5.26 Å². The molecule has 0 bridgehead atoms. The van der Waals surface area contributed by atoms with Gasteiger partial charge in [0.15, 0.2) is 5.57 Å². The lowest BCUT2D eigenvalue weighted by atomic mass is 10.2. The zero-order valence-electron chi connectivity index (χ0n) is 10.1. The number of aliphatic hydroxyl groups is 1. The third kappa shape index (κ3) is 2.85. The molecule has 0 saturated carbocycles. The number of nitriles is 1. The van der Waals surface area contributed by atoms with E-state index in [1.54, 1.807) is 25.2 Å². The lowest BCUT2D eigenvalue weighted by molar-refractivity contribution is -0.114. The summed E-state index contributed by atoms with van der Waals surface area (Å²) < 4.78 is 0. The van der Waals surface area contributed by atoms with E-state index >= 15 is 0 Å². The maximum atomic E-state index is 11.9. The average Bonchev–Trinajstić information content (AvgIpc) is 2.29. The quantitative estimate of drug-likeness (QED) is 0.481. The molecule has 88 valence electrons. The van der Waals surface area contributed by atoms with Gasteiger partial charge in [0.2, 0.25) is 0 Å². The summed E-state index contributed by atoms with van der Waals surface area (Å²) in [6.45, 7) is 3.27. The van der Waals surface area contributed by atoms with Crippen LogP contribution in [0.1, 0.15) is 12.5 Å². The summed E-state index contributed by atoms with van der Waals surface area (Å²) in [5.41, 5.74) is 1.52. The van der Waals surface area contributed by atoms with Crippen molar-refractivity contribution in [3.63, 3.8) is 0 Å². The molecule has 0 unspecified atom stereocenters. The molecule has 1 aromatic rings. The highest BCUT2D eigenvalue weighted by Gasteiger charge is 2.18. The van der Waals surface area contributed by atoms with Gasteiger partial charge in [-0.3, -0.25) is 4.79 Å². The van der Waals surface area contributed by atoms with Gasteiger partial charge in [-0.25, -0.2) is 0 Å². The SMILES string of the molecule is C/C(O)=C(\C#N)C(=O)N(C)c1ccc(C)cc1. The summed E-state index contributed by atoms with van der Waals surface area (Å²) >= 11 is 0. The van der Waals surface area contributed by atoms with Crippen molar-refractivity contribution in [2.75, 3.05) is 11.9 Å². The van der Waals surface area contributed by atoms with Crippen molar-refractivity contribution in [3.05, 3.63) is 41.2 Å². The smallest absolute Gasteiger partial charge is 0.272 e. The van der Waals surface area contributed by atoms with Crippen LogP contribution in [0.3, 0.4) is 0 Å². The lowest BCUT2D eigenvalue weighted by Crippen LogP contribution is -2.28. The number of anilines is 1. The molecule has 0 aliphatic rings. The molecule has 4 heteroatoms. The van der Waals surface area contributed by atoms with E-state index in [1.807, 2.05) is 19.1 Å². The molecule has 0 aliphatic carbocycles. The second-order valence-corrected chi connectivity index (χ2v) is 3.77. The van der Waals surface area contributed by atoms with Gasteiger partial charge >= 0.3 is 0 Å². The first kappa shape index (κ1) is 12.8. The Morgan fingerprint density at radius 1 is 1.35 bits per heavy atom. The predicted molar refractivity (Wildman–Crippen MR) is 65.5 cm³/mol. The zero-order chi connectivity index (χ0) is 13.0. The molecule has 0 aromatic heterocycles. The van der Waals surface area contributed by atoms with Crippen LogP contribution in [0.2, 0.25) is 0 Å². The number of likely N-dealkylation sites (N-methyl/N-ethyl adjacent to an activating group) is 1. The van der Waals surface area contributed by atoms with Crippen LogP contribution in [0.15, 0.2) is 35.6 Å². The molecule has 0 aliphatic heterocycles. The van der Waals surface area contributed by atoms with Gasteiger partial charge in [-0.2, -0.15) is 5.26 Å². The largest absolute Gasteiger partial charge is 0.511 e. The lowest BCUT2D eigenvalue weighted by Gasteiger charge is -2.17. The van der Waals surface area contributed by atoms with E-state index in [0.717, 1.165) is 5.56 Å². The van der Waals surface area contributed by atoms with E-state index in [4.69, 9.17) is 5.26 Å². The Bertz CT molecular complexity index is 491. The molecule has 0 atom stereocenters. The number of amides is 1. The van der Waals surface area contributed by atoms with Gasteiger partial charge in [0.05, 0.1) is 0 Å². The van der Waals surface area contributed by atoms with E-state index in [-0.39, 0.29) is 11.3 Å². The van der Waals surface area contributed by atoms with Crippen molar-refractivity contribution < 1.29 is 9.90 Å². The molecular weight excluding hydrogens is 216 g/mol. The zero-order valence-corrected chi connectivity index (χ0v) is 10.1. The van der Waals surface area contributed by atoms with Crippen molar-refractivity contribution in [1.82, 2.24) is 0 Å². The van der Waals surface area contributed by atoms with E-state index in [1.165, 1.54) is 11.8 Å². The Kier molecular flexibility index (Phi) is 3.89. The van der Waals surface area contributed by atoms with Gasteiger partial charge in [0.25, 0.3) is 5.91 Å². The second-order valence-electron chi connectivity index (χ2n) is 3.77. The average molecular weight is 230 g/mol. The summed E-state index contributed by atoms with van der Waals surface area (Å²) in [4.78, 5) is 13.2. The van der Waals surface area contributed by atoms with Crippen LogP contribution in [0.5, 0.6) is 0 Å². The van der Waals surface area contributed by atoms with Gasteiger partial charge in [-0.15, -0.1) is 0 Å². The number of carbonyl (C=O) groups excluding carboxylic acids is 1. The van der Waals surface area contributed by atoms with Crippen molar-refractivity contribution in [2.24, 2.45) is 0 Å². The maximum Gasteiger partial charge on any atom is 0.272 e. The highest BCUT2D eigenvalue weighted by molar-refractivity contribution is 6.08.